The Bertz CT molecular complexity index is 565. The van der Waals surface area contributed by atoms with E-state index in [2.05, 4.69) is 37.3 Å². The molecule has 0 aromatic heterocycles. The van der Waals surface area contributed by atoms with Crippen molar-refractivity contribution >= 4 is 0 Å². The summed E-state index contributed by atoms with van der Waals surface area (Å²) in [5.74, 6) is 1.20. The zero-order chi connectivity index (χ0) is 16.5. The molecule has 120 valence electrons. The first-order valence-corrected chi connectivity index (χ1v) is 8.30. The van der Waals surface area contributed by atoms with Crippen molar-refractivity contribution in [3.63, 3.8) is 0 Å². The molecule has 2 aromatic carbocycles. The average molecular weight is 299 g/mol. The van der Waals surface area contributed by atoms with E-state index in [-0.39, 0.29) is 12.0 Å². The molecular weight excluding hydrogens is 270 g/mol. The quantitative estimate of drug-likeness (QED) is 0.813. The van der Waals surface area contributed by atoms with Crippen molar-refractivity contribution < 1.29 is 4.74 Å². The van der Waals surface area contributed by atoms with Crippen LogP contribution in [0.4, 0.5) is 0 Å². The maximum atomic E-state index is 6.27. The highest BCUT2D eigenvalue weighted by atomic mass is 16.5. The van der Waals surface area contributed by atoms with Crippen molar-refractivity contribution in [2.24, 2.45) is 5.73 Å². The van der Waals surface area contributed by atoms with Gasteiger partial charge in [0.05, 0.1) is 0 Å². The molecule has 22 heavy (non-hydrogen) atoms. The van der Waals surface area contributed by atoms with Crippen molar-refractivity contribution in [2.75, 3.05) is 6.61 Å². The summed E-state index contributed by atoms with van der Waals surface area (Å²) < 4.78 is 5.70. The first-order valence-electron chi connectivity index (χ1n) is 8.30. The van der Waals surface area contributed by atoms with Gasteiger partial charge in [0.2, 0.25) is 0 Å². The van der Waals surface area contributed by atoms with Crippen molar-refractivity contribution in [1.29, 1.82) is 0 Å². The molecule has 0 bridgehead atoms. The summed E-state index contributed by atoms with van der Waals surface area (Å²) in [6.45, 7) is 10.7. The zero-order valence-electron chi connectivity index (χ0n) is 14.5. The minimum Gasteiger partial charge on any atom is -0.492 e. The summed E-state index contributed by atoms with van der Waals surface area (Å²) >= 11 is 0. The Morgan fingerprint density at radius 2 is 1.41 bits per heavy atom. The van der Waals surface area contributed by atoms with Gasteiger partial charge in [-0.2, -0.15) is 0 Å². The number of nitrogens with two attached hydrogens (primary N) is 1. The fourth-order valence-corrected chi connectivity index (χ4v) is 2.72. The van der Waals surface area contributed by atoms with Gasteiger partial charge in [0, 0.05) is 17.5 Å². The number of para-hydroxylation sites is 1. The molecule has 0 amide bonds. The second-order valence-corrected chi connectivity index (χ2v) is 4.85. The average Bonchev–Trinajstić information content (AvgIpc) is 2.59. The molecule has 2 atom stereocenters. The Hall–Kier alpha value is -1.80. The largest absolute Gasteiger partial charge is 0.492 e. The van der Waals surface area contributed by atoms with E-state index in [1.165, 1.54) is 16.7 Å². The molecule has 1 aliphatic heterocycles. The van der Waals surface area contributed by atoms with E-state index < -0.39 is 0 Å². The van der Waals surface area contributed by atoms with E-state index in [0.29, 0.717) is 6.61 Å². The molecular formula is C20H29NO. The Labute approximate surface area is 135 Å². The number of hydrogen-bond acceptors (Lipinski definition) is 2. The molecule has 0 spiro atoms. The van der Waals surface area contributed by atoms with E-state index in [0.717, 1.165) is 5.75 Å². The number of ether oxygens (including phenoxy) is 1. The van der Waals surface area contributed by atoms with E-state index in [1.54, 1.807) is 0 Å². The van der Waals surface area contributed by atoms with Crippen LogP contribution < -0.4 is 10.5 Å². The molecule has 2 aromatic rings. The van der Waals surface area contributed by atoms with Crippen LogP contribution in [-0.2, 0) is 0 Å². The van der Waals surface area contributed by atoms with Gasteiger partial charge in [-0.1, -0.05) is 70.2 Å². The number of aryl methyl sites for hydroxylation is 1. The van der Waals surface area contributed by atoms with Gasteiger partial charge >= 0.3 is 0 Å². The SMILES string of the molecule is CC.CC.Cc1ccccc1[C@H]1c2ccccc2OC[C@H]1N. The third-order valence-electron chi connectivity index (χ3n) is 3.64. The van der Waals surface area contributed by atoms with Gasteiger partial charge in [-0.15, -0.1) is 0 Å². The van der Waals surface area contributed by atoms with Crippen LogP contribution in [0.25, 0.3) is 0 Å². The summed E-state index contributed by atoms with van der Waals surface area (Å²) in [7, 11) is 0. The molecule has 0 aliphatic carbocycles. The van der Waals surface area contributed by atoms with Crippen LogP contribution in [0.15, 0.2) is 48.5 Å². The van der Waals surface area contributed by atoms with Crippen molar-refractivity contribution in [1.82, 2.24) is 0 Å². The van der Waals surface area contributed by atoms with Gasteiger partial charge in [-0.3, -0.25) is 0 Å². The summed E-state index contributed by atoms with van der Waals surface area (Å²) in [6.07, 6.45) is 0. The lowest BCUT2D eigenvalue weighted by Crippen LogP contribution is -2.38. The number of rotatable bonds is 1. The van der Waals surface area contributed by atoms with Gasteiger partial charge in [0.25, 0.3) is 0 Å². The van der Waals surface area contributed by atoms with Gasteiger partial charge in [-0.05, 0) is 24.1 Å². The summed E-state index contributed by atoms with van der Waals surface area (Å²) in [4.78, 5) is 0. The van der Waals surface area contributed by atoms with Crippen molar-refractivity contribution in [3.05, 3.63) is 65.2 Å². The Balaban J connectivity index is 0.000000561. The Morgan fingerprint density at radius 1 is 0.864 bits per heavy atom. The van der Waals surface area contributed by atoms with E-state index in [1.807, 2.05) is 45.9 Å². The standard InChI is InChI=1S/C16H17NO.2C2H6/c1-11-6-2-3-7-12(11)16-13-8-4-5-9-15(13)18-10-14(16)17;2*1-2/h2-9,14,16H,10,17H2,1H3;2*1-2H3/t14-,16+;;/m1../s1. The number of fused-ring (bicyclic) bond motifs is 1. The minimum absolute atomic E-state index is 0.0148. The molecule has 1 heterocycles. The third-order valence-corrected chi connectivity index (χ3v) is 3.64. The van der Waals surface area contributed by atoms with Gasteiger partial charge in [0.1, 0.15) is 12.4 Å². The molecule has 1 aliphatic rings. The van der Waals surface area contributed by atoms with Gasteiger partial charge in [-0.25, -0.2) is 0 Å². The van der Waals surface area contributed by atoms with Crippen LogP contribution in [0.2, 0.25) is 0 Å². The van der Waals surface area contributed by atoms with Crippen LogP contribution in [0.3, 0.4) is 0 Å². The van der Waals surface area contributed by atoms with E-state index >= 15 is 0 Å². The molecule has 0 unspecified atom stereocenters. The summed E-state index contributed by atoms with van der Waals surface area (Å²) in [5.41, 5.74) is 10.1. The fraction of sp³-hybridized carbons (Fsp3) is 0.400. The lowest BCUT2D eigenvalue weighted by atomic mass is 9.82. The van der Waals surface area contributed by atoms with Gasteiger partial charge in [0.15, 0.2) is 0 Å². The normalized spacial score (nSPS) is 18.6. The van der Waals surface area contributed by atoms with Crippen molar-refractivity contribution in [2.45, 2.75) is 46.6 Å². The lowest BCUT2D eigenvalue weighted by Gasteiger charge is -2.32. The number of hydrogen-bond donors (Lipinski definition) is 1. The highest BCUT2D eigenvalue weighted by Gasteiger charge is 2.30. The summed E-state index contributed by atoms with van der Waals surface area (Å²) in [5, 5.41) is 0. The maximum absolute atomic E-state index is 6.27. The van der Waals surface area contributed by atoms with E-state index in [4.69, 9.17) is 10.5 Å². The van der Waals surface area contributed by atoms with Crippen LogP contribution in [0.1, 0.15) is 50.3 Å². The van der Waals surface area contributed by atoms with Crippen LogP contribution >= 0.6 is 0 Å². The van der Waals surface area contributed by atoms with Crippen molar-refractivity contribution in [3.8, 4) is 5.75 Å². The second-order valence-electron chi connectivity index (χ2n) is 4.85. The first kappa shape index (κ1) is 18.2. The molecule has 0 saturated carbocycles. The third kappa shape index (κ3) is 3.89. The molecule has 3 rings (SSSR count). The second kappa shape index (κ2) is 9.26. The summed E-state index contributed by atoms with van der Waals surface area (Å²) in [6, 6.07) is 16.7. The topological polar surface area (TPSA) is 35.2 Å². The van der Waals surface area contributed by atoms with Gasteiger partial charge < -0.3 is 10.5 Å². The lowest BCUT2D eigenvalue weighted by molar-refractivity contribution is 0.250. The highest BCUT2D eigenvalue weighted by molar-refractivity contribution is 5.47. The van der Waals surface area contributed by atoms with Crippen LogP contribution in [0, 0.1) is 6.92 Å². The minimum atomic E-state index is 0.0148. The first-order chi connectivity index (χ1) is 10.8. The molecule has 2 heteroatoms. The monoisotopic (exact) mass is 299 g/mol. The fourth-order valence-electron chi connectivity index (χ4n) is 2.72. The predicted octanol–water partition coefficient (Wildman–Crippen LogP) is 4.90. The van der Waals surface area contributed by atoms with Crippen LogP contribution in [-0.4, -0.2) is 12.6 Å². The molecule has 2 nitrogen and oxygen atoms in total. The maximum Gasteiger partial charge on any atom is 0.123 e. The Kier molecular flexibility index (Phi) is 7.69. The molecule has 2 N–H and O–H groups in total. The smallest absolute Gasteiger partial charge is 0.123 e. The highest BCUT2D eigenvalue weighted by Crippen LogP contribution is 2.38. The molecule has 0 radical (unpaired) electrons. The Morgan fingerprint density at radius 3 is 2.05 bits per heavy atom. The van der Waals surface area contributed by atoms with Crippen LogP contribution in [0.5, 0.6) is 5.75 Å². The van der Waals surface area contributed by atoms with E-state index in [9.17, 15) is 0 Å². The number of benzene rings is 2. The molecule has 0 saturated heterocycles. The predicted molar refractivity (Wildman–Crippen MR) is 95.6 cm³/mol. The zero-order valence-corrected chi connectivity index (χ0v) is 14.5. The molecule has 0 fully saturated rings.